The summed E-state index contributed by atoms with van der Waals surface area (Å²) >= 11 is 5.93. The predicted octanol–water partition coefficient (Wildman–Crippen LogP) is 3.01. The van der Waals surface area contributed by atoms with Crippen LogP contribution in [-0.4, -0.2) is 13.2 Å². The third-order valence-corrected chi connectivity index (χ3v) is 2.18. The summed E-state index contributed by atoms with van der Waals surface area (Å²) in [6.07, 6.45) is 1.73. The van der Waals surface area contributed by atoms with Crippen LogP contribution in [0.1, 0.15) is 12.5 Å². The zero-order chi connectivity index (χ0) is 11.1. The minimum atomic E-state index is 0.515. The van der Waals surface area contributed by atoms with E-state index in [1.807, 2.05) is 18.2 Å². The van der Waals surface area contributed by atoms with Crippen molar-refractivity contribution in [3.05, 3.63) is 41.4 Å². The quantitative estimate of drug-likeness (QED) is 0.752. The predicted molar refractivity (Wildman–Crippen MR) is 64.5 cm³/mol. The first-order chi connectivity index (χ1) is 7.27. The second-order valence-electron chi connectivity index (χ2n) is 3.13. The van der Waals surface area contributed by atoms with E-state index in [0.717, 1.165) is 29.4 Å². The van der Waals surface area contributed by atoms with Gasteiger partial charge in [-0.2, -0.15) is 0 Å². The number of nitrogens with one attached hydrogen (secondary N) is 1. The summed E-state index contributed by atoms with van der Waals surface area (Å²) in [6.45, 7) is 7.89. The van der Waals surface area contributed by atoms with Gasteiger partial charge in [-0.3, -0.25) is 0 Å². The number of hydrogen-bond donors (Lipinski definition) is 1. The fourth-order valence-corrected chi connectivity index (χ4v) is 1.43. The van der Waals surface area contributed by atoms with Crippen LogP contribution in [-0.2, 0) is 6.54 Å². The molecule has 0 radical (unpaired) electrons. The molecule has 0 heterocycles. The highest BCUT2D eigenvalue weighted by molar-refractivity contribution is 6.30. The summed E-state index contributed by atoms with van der Waals surface area (Å²) in [7, 11) is 0. The summed E-state index contributed by atoms with van der Waals surface area (Å²) in [5.41, 5.74) is 1.08. The van der Waals surface area contributed by atoms with Crippen LogP contribution in [0.5, 0.6) is 5.75 Å². The average molecular weight is 226 g/mol. The maximum absolute atomic E-state index is 5.93. The lowest BCUT2D eigenvalue weighted by Gasteiger charge is -2.10. The molecule has 0 aliphatic rings. The molecule has 0 saturated carbocycles. The molecule has 0 spiro atoms. The molecule has 0 unspecified atom stereocenters. The third-order valence-electron chi connectivity index (χ3n) is 1.94. The van der Waals surface area contributed by atoms with E-state index in [9.17, 15) is 0 Å². The second kappa shape index (κ2) is 6.49. The van der Waals surface area contributed by atoms with E-state index in [1.165, 1.54) is 0 Å². The van der Waals surface area contributed by atoms with Gasteiger partial charge in [0.15, 0.2) is 0 Å². The Morgan fingerprint density at radius 3 is 3.00 bits per heavy atom. The van der Waals surface area contributed by atoms with Gasteiger partial charge in [-0.25, -0.2) is 0 Å². The van der Waals surface area contributed by atoms with Crippen molar-refractivity contribution in [2.45, 2.75) is 13.5 Å². The minimum absolute atomic E-state index is 0.515. The van der Waals surface area contributed by atoms with Crippen LogP contribution in [0.25, 0.3) is 0 Å². The summed E-state index contributed by atoms with van der Waals surface area (Å²) in [5, 5.41) is 3.97. The SMILES string of the molecule is C=CCOc1ccc(Cl)cc1CNCC. The van der Waals surface area contributed by atoms with E-state index in [4.69, 9.17) is 16.3 Å². The fraction of sp³-hybridized carbons (Fsp3) is 0.333. The first-order valence-electron chi connectivity index (χ1n) is 5.00. The zero-order valence-electron chi connectivity index (χ0n) is 8.92. The molecule has 2 nitrogen and oxygen atoms in total. The molecule has 82 valence electrons. The Morgan fingerprint density at radius 2 is 2.33 bits per heavy atom. The van der Waals surface area contributed by atoms with E-state index in [2.05, 4.69) is 18.8 Å². The van der Waals surface area contributed by atoms with Crippen molar-refractivity contribution in [3.8, 4) is 5.75 Å². The molecule has 0 aliphatic heterocycles. The van der Waals surface area contributed by atoms with Crippen LogP contribution in [0.15, 0.2) is 30.9 Å². The lowest BCUT2D eigenvalue weighted by atomic mass is 10.2. The Morgan fingerprint density at radius 1 is 1.53 bits per heavy atom. The molecule has 0 atom stereocenters. The molecular formula is C12H16ClNO. The Labute approximate surface area is 95.9 Å². The van der Waals surface area contributed by atoms with Crippen molar-refractivity contribution in [3.63, 3.8) is 0 Å². The molecule has 0 aliphatic carbocycles. The van der Waals surface area contributed by atoms with Crippen LogP contribution in [0.2, 0.25) is 5.02 Å². The molecule has 0 aromatic heterocycles. The molecule has 1 aromatic carbocycles. The molecule has 15 heavy (non-hydrogen) atoms. The van der Waals surface area contributed by atoms with Crippen molar-refractivity contribution in [2.24, 2.45) is 0 Å². The van der Waals surface area contributed by atoms with Gasteiger partial charge in [-0.05, 0) is 24.7 Å². The number of ether oxygens (including phenoxy) is 1. The van der Waals surface area contributed by atoms with Gasteiger partial charge in [0.25, 0.3) is 0 Å². The highest BCUT2D eigenvalue weighted by atomic mass is 35.5. The molecule has 1 aromatic rings. The number of rotatable bonds is 6. The standard InChI is InChI=1S/C12H16ClNO/c1-3-7-15-12-6-5-11(13)8-10(12)9-14-4-2/h3,5-6,8,14H,1,4,7,9H2,2H3. The highest BCUT2D eigenvalue weighted by Gasteiger charge is 2.03. The maximum atomic E-state index is 5.93. The summed E-state index contributed by atoms with van der Waals surface area (Å²) in [5.74, 6) is 0.861. The van der Waals surface area contributed by atoms with Gasteiger partial charge in [0.1, 0.15) is 12.4 Å². The van der Waals surface area contributed by atoms with E-state index in [-0.39, 0.29) is 0 Å². The first-order valence-corrected chi connectivity index (χ1v) is 5.38. The molecule has 0 saturated heterocycles. The van der Waals surface area contributed by atoms with Gasteiger partial charge in [-0.15, -0.1) is 0 Å². The van der Waals surface area contributed by atoms with Crippen LogP contribution in [0.4, 0.5) is 0 Å². The van der Waals surface area contributed by atoms with Gasteiger partial charge >= 0.3 is 0 Å². The van der Waals surface area contributed by atoms with Crippen LogP contribution >= 0.6 is 11.6 Å². The van der Waals surface area contributed by atoms with Crippen molar-refractivity contribution < 1.29 is 4.74 Å². The Hall–Kier alpha value is -0.990. The molecule has 3 heteroatoms. The smallest absolute Gasteiger partial charge is 0.124 e. The number of benzene rings is 1. The van der Waals surface area contributed by atoms with Gasteiger partial charge in [0, 0.05) is 17.1 Å². The van der Waals surface area contributed by atoms with E-state index >= 15 is 0 Å². The summed E-state index contributed by atoms with van der Waals surface area (Å²) < 4.78 is 5.52. The number of halogens is 1. The monoisotopic (exact) mass is 225 g/mol. The summed E-state index contributed by atoms with van der Waals surface area (Å²) in [6, 6.07) is 5.64. The average Bonchev–Trinajstić information content (AvgIpc) is 2.25. The van der Waals surface area contributed by atoms with Gasteiger partial charge < -0.3 is 10.1 Å². The van der Waals surface area contributed by atoms with E-state index in [1.54, 1.807) is 6.08 Å². The molecule has 1 rings (SSSR count). The fourth-order valence-electron chi connectivity index (χ4n) is 1.24. The van der Waals surface area contributed by atoms with Gasteiger partial charge in [0.2, 0.25) is 0 Å². The summed E-state index contributed by atoms with van der Waals surface area (Å²) in [4.78, 5) is 0. The van der Waals surface area contributed by atoms with E-state index < -0.39 is 0 Å². The number of hydrogen-bond acceptors (Lipinski definition) is 2. The Bertz CT molecular complexity index is 325. The lowest BCUT2D eigenvalue weighted by molar-refractivity contribution is 0.358. The van der Waals surface area contributed by atoms with Crippen molar-refractivity contribution in [2.75, 3.05) is 13.2 Å². The molecule has 0 fully saturated rings. The maximum Gasteiger partial charge on any atom is 0.124 e. The van der Waals surface area contributed by atoms with Crippen molar-refractivity contribution >= 4 is 11.6 Å². The van der Waals surface area contributed by atoms with E-state index in [0.29, 0.717) is 6.61 Å². The normalized spacial score (nSPS) is 10.0. The third kappa shape index (κ3) is 3.94. The van der Waals surface area contributed by atoms with Gasteiger partial charge in [0.05, 0.1) is 0 Å². The zero-order valence-corrected chi connectivity index (χ0v) is 9.68. The molecule has 0 amide bonds. The Balaban J connectivity index is 2.77. The van der Waals surface area contributed by atoms with Crippen LogP contribution < -0.4 is 10.1 Å². The topological polar surface area (TPSA) is 21.3 Å². The lowest BCUT2D eigenvalue weighted by Crippen LogP contribution is -2.12. The molecule has 0 bridgehead atoms. The van der Waals surface area contributed by atoms with Crippen LogP contribution in [0, 0.1) is 0 Å². The molecule has 1 N–H and O–H groups in total. The Kier molecular flexibility index (Phi) is 5.22. The van der Waals surface area contributed by atoms with Crippen molar-refractivity contribution in [1.29, 1.82) is 0 Å². The van der Waals surface area contributed by atoms with Crippen LogP contribution in [0.3, 0.4) is 0 Å². The minimum Gasteiger partial charge on any atom is -0.489 e. The van der Waals surface area contributed by atoms with Gasteiger partial charge in [-0.1, -0.05) is 31.2 Å². The molecular weight excluding hydrogens is 210 g/mol. The highest BCUT2D eigenvalue weighted by Crippen LogP contribution is 2.22. The largest absolute Gasteiger partial charge is 0.489 e. The van der Waals surface area contributed by atoms with Crippen molar-refractivity contribution in [1.82, 2.24) is 5.32 Å². The first kappa shape index (κ1) is 12.1. The second-order valence-corrected chi connectivity index (χ2v) is 3.57.